The maximum atomic E-state index is 11.9. The largest absolute Gasteiger partial charge is 0.465 e. The average Bonchev–Trinajstić information content (AvgIpc) is 2.58. The molecule has 0 amide bonds. The summed E-state index contributed by atoms with van der Waals surface area (Å²) in [5.74, 6) is -0.224. The van der Waals surface area contributed by atoms with Gasteiger partial charge in [-0.05, 0) is 12.1 Å². The van der Waals surface area contributed by atoms with Crippen molar-refractivity contribution >= 4 is 11.7 Å². The van der Waals surface area contributed by atoms with Crippen molar-refractivity contribution in [2.24, 2.45) is 11.1 Å². The van der Waals surface area contributed by atoms with E-state index in [1.54, 1.807) is 6.26 Å². The molecule has 0 N–H and O–H groups in total. The molecule has 1 aliphatic rings. The van der Waals surface area contributed by atoms with Crippen LogP contribution in [0.3, 0.4) is 0 Å². The number of oxime groups is 1. The minimum Gasteiger partial charge on any atom is -0.465 e. The van der Waals surface area contributed by atoms with Gasteiger partial charge in [0.15, 0.2) is 5.71 Å². The average molecular weight is 299 g/mol. The number of nitrogens with zero attached hydrogens (tertiary/aromatic N) is 1. The van der Waals surface area contributed by atoms with Gasteiger partial charge in [0, 0.05) is 5.57 Å². The third-order valence-corrected chi connectivity index (χ3v) is 3.02. The lowest BCUT2D eigenvalue weighted by Crippen LogP contribution is -2.26. The van der Waals surface area contributed by atoms with Gasteiger partial charge in [0.1, 0.15) is 12.9 Å². The normalized spacial score (nSPS) is 19.1. The fourth-order valence-corrected chi connectivity index (χ4v) is 1.98. The Morgan fingerprint density at radius 1 is 1.18 bits per heavy atom. The van der Waals surface area contributed by atoms with E-state index in [1.165, 1.54) is 14.2 Å². The zero-order chi connectivity index (χ0) is 15.8. The summed E-state index contributed by atoms with van der Waals surface area (Å²) < 4.78 is 10.4. The first-order valence-corrected chi connectivity index (χ1v) is 6.72. The first kappa shape index (κ1) is 15.6. The van der Waals surface area contributed by atoms with Crippen molar-refractivity contribution in [2.75, 3.05) is 14.2 Å². The van der Waals surface area contributed by atoms with E-state index in [0.29, 0.717) is 5.75 Å². The van der Waals surface area contributed by atoms with Crippen molar-refractivity contribution in [3.63, 3.8) is 0 Å². The maximum Gasteiger partial charge on any atom is 0.356 e. The topological polar surface area (TPSA) is 57.1 Å². The Hall–Kier alpha value is -2.82. The van der Waals surface area contributed by atoms with E-state index in [9.17, 15) is 4.79 Å². The van der Waals surface area contributed by atoms with E-state index in [0.717, 1.165) is 5.57 Å². The Morgan fingerprint density at radius 2 is 1.95 bits per heavy atom. The van der Waals surface area contributed by atoms with E-state index in [4.69, 9.17) is 14.3 Å². The number of methoxy groups -OCH3 is 1. The van der Waals surface area contributed by atoms with Gasteiger partial charge in [0.25, 0.3) is 0 Å². The van der Waals surface area contributed by atoms with Gasteiger partial charge in [-0.25, -0.2) is 4.79 Å². The lowest BCUT2D eigenvalue weighted by atomic mass is 9.91. The molecule has 0 aromatic heterocycles. The van der Waals surface area contributed by atoms with E-state index < -0.39 is 5.97 Å². The van der Waals surface area contributed by atoms with Crippen molar-refractivity contribution in [1.82, 2.24) is 0 Å². The lowest BCUT2D eigenvalue weighted by molar-refractivity contribution is -0.133. The predicted molar refractivity (Wildman–Crippen MR) is 83.4 cm³/mol. The van der Waals surface area contributed by atoms with Gasteiger partial charge in [-0.3, -0.25) is 0 Å². The number of allylic oxidation sites excluding steroid dienone is 5. The highest BCUT2D eigenvalue weighted by atomic mass is 16.6. The highest BCUT2D eigenvalue weighted by molar-refractivity contribution is 6.38. The summed E-state index contributed by atoms with van der Waals surface area (Å²) in [6.45, 7) is 0. The van der Waals surface area contributed by atoms with Crippen molar-refractivity contribution in [2.45, 2.75) is 0 Å². The van der Waals surface area contributed by atoms with Crippen LogP contribution in [-0.4, -0.2) is 25.9 Å². The molecule has 5 nitrogen and oxygen atoms in total. The summed E-state index contributed by atoms with van der Waals surface area (Å²) in [5, 5.41) is 3.78. The second-order valence-corrected chi connectivity index (χ2v) is 4.42. The Kier molecular flexibility index (Phi) is 5.54. The molecule has 0 spiro atoms. The Morgan fingerprint density at radius 3 is 2.64 bits per heavy atom. The Labute approximate surface area is 129 Å². The van der Waals surface area contributed by atoms with Crippen LogP contribution in [0.5, 0.6) is 5.75 Å². The number of benzene rings is 1. The van der Waals surface area contributed by atoms with Crippen molar-refractivity contribution in [1.29, 1.82) is 0 Å². The van der Waals surface area contributed by atoms with Crippen LogP contribution in [0.15, 0.2) is 71.6 Å². The van der Waals surface area contributed by atoms with Crippen LogP contribution in [0.2, 0.25) is 0 Å². The fourth-order valence-electron chi connectivity index (χ4n) is 1.98. The smallest absolute Gasteiger partial charge is 0.356 e. The van der Waals surface area contributed by atoms with Gasteiger partial charge in [0.2, 0.25) is 0 Å². The van der Waals surface area contributed by atoms with Crippen LogP contribution in [0.1, 0.15) is 0 Å². The SMILES string of the molecule is CON=C(C(=O)OC)C1C=CC=CC1=COc1ccccc1. The number of esters is 1. The Balaban J connectivity index is 2.25. The summed E-state index contributed by atoms with van der Waals surface area (Å²) in [6, 6.07) is 9.37. The van der Waals surface area contributed by atoms with Crippen molar-refractivity contribution in [3.8, 4) is 5.75 Å². The van der Waals surface area contributed by atoms with Gasteiger partial charge in [-0.15, -0.1) is 0 Å². The standard InChI is InChI=1S/C17H17NO4/c1-20-17(19)16(18-21-2)15-11-7-6-8-13(15)12-22-14-9-4-3-5-10-14/h3-12,15H,1-2H3. The molecule has 1 unspecified atom stereocenters. The number of rotatable bonds is 5. The highest BCUT2D eigenvalue weighted by Gasteiger charge is 2.26. The number of carbonyl (C=O) groups is 1. The van der Waals surface area contributed by atoms with Crippen LogP contribution in [0.25, 0.3) is 0 Å². The van der Waals surface area contributed by atoms with Crippen LogP contribution in [-0.2, 0) is 14.4 Å². The third kappa shape index (κ3) is 3.85. The van der Waals surface area contributed by atoms with Crippen LogP contribution >= 0.6 is 0 Å². The van der Waals surface area contributed by atoms with Gasteiger partial charge in [0.05, 0.1) is 19.3 Å². The molecule has 1 aromatic rings. The number of ether oxygens (including phenoxy) is 2. The third-order valence-electron chi connectivity index (χ3n) is 3.02. The maximum absolute atomic E-state index is 11.9. The van der Waals surface area contributed by atoms with E-state index in [2.05, 4.69) is 5.16 Å². The minimum absolute atomic E-state index is 0.161. The van der Waals surface area contributed by atoms with Gasteiger partial charge in [-0.1, -0.05) is 47.7 Å². The van der Waals surface area contributed by atoms with Crippen molar-refractivity contribution in [3.05, 3.63) is 66.5 Å². The van der Waals surface area contributed by atoms with Crippen LogP contribution < -0.4 is 4.74 Å². The first-order chi connectivity index (χ1) is 10.8. The predicted octanol–water partition coefficient (Wildman–Crippen LogP) is 2.87. The van der Waals surface area contributed by atoms with Crippen LogP contribution in [0, 0.1) is 5.92 Å². The summed E-state index contributed by atoms with van der Waals surface area (Å²) in [4.78, 5) is 16.6. The second kappa shape index (κ2) is 7.83. The quantitative estimate of drug-likeness (QED) is 0.363. The number of hydrogen-bond donors (Lipinski definition) is 0. The van der Waals surface area contributed by atoms with E-state index in [-0.39, 0.29) is 11.6 Å². The molecule has 0 saturated heterocycles. The summed E-state index contributed by atoms with van der Waals surface area (Å²) in [7, 11) is 2.69. The van der Waals surface area contributed by atoms with Crippen LogP contribution in [0.4, 0.5) is 0 Å². The molecule has 22 heavy (non-hydrogen) atoms. The fraction of sp³-hybridized carbons (Fsp3) is 0.176. The Bertz CT molecular complexity index is 629. The highest BCUT2D eigenvalue weighted by Crippen LogP contribution is 2.22. The molecule has 0 radical (unpaired) electrons. The molecule has 0 aliphatic heterocycles. The summed E-state index contributed by atoms with van der Waals surface area (Å²) >= 11 is 0. The molecule has 0 bridgehead atoms. The van der Waals surface area contributed by atoms with Gasteiger partial charge < -0.3 is 14.3 Å². The number of hydrogen-bond acceptors (Lipinski definition) is 5. The number of para-hydroxylation sites is 1. The molecule has 1 atom stereocenters. The number of carbonyl (C=O) groups excluding carboxylic acids is 1. The molecule has 114 valence electrons. The zero-order valence-corrected chi connectivity index (χ0v) is 12.4. The van der Waals surface area contributed by atoms with Gasteiger partial charge >= 0.3 is 5.97 Å². The molecule has 0 heterocycles. The molecule has 0 fully saturated rings. The van der Waals surface area contributed by atoms with Gasteiger partial charge in [-0.2, -0.15) is 0 Å². The summed E-state index contributed by atoms with van der Waals surface area (Å²) in [5.41, 5.74) is 0.932. The van der Waals surface area contributed by atoms with E-state index in [1.807, 2.05) is 54.6 Å². The molecule has 1 aliphatic carbocycles. The minimum atomic E-state index is -0.544. The molecule has 2 rings (SSSR count). The monoisotopic (exact) mass is 299 g/mol. The molecule has 1 aromatic carbocycles. The molecular weight excluding hydrogens is 282 g/mol. The summed E-state index contributed by atoms with van der Waals surface area (Å²) in [6.07, 6.45) is 8.96. The van der Waals surface area contributed by atoms with E-state index >= 15 is 0 Å². The molecule has 0 saturated carbocycles. The first-order valence-electron chi connectivity index (χ1n) is 6.72. The molecular formula is C17H17NO4. The van der Waals surface area contributed by atoms with Crippen molar-refractivity contribution < 1.29 is 19.1 Å². The lowest BCUT2D eigenvalue weighted by Gasteiger charge is -2.17. The molecule has 5 heteroatoms. The second-order valence-electron chi connectivity index (χ2n) is 4.42. The zero-order valence-electron chi connectivity index (χ0n) is 12.4.